The molecule has 1 N–H and O–H groups in total. The van der Waals surface area contributed by atoms with Crippen LogP contribution in [0.15, 0.2) is 30.3 Å². The molecule has 0 aliphatic carbocycles. The number of benzene rings is 1. The Morgan fingerprint density at radius 2 is 1.64 bits per heavy atom. The van der Waals surface area contributed by atoms with Gasteiger partial charge in [-0.2, -0.15) is 0 Å². The average molecular weight is 196 g/mol. The number of phenolic OH excluding ortho intramolecular Hbond substituents is 1. The van der Waals surface area contributed by atoms with E-state index in [1.165, 1.54) is 0 Å². The highest BCUT2D eigenvalue weighted by Gasteiger charge is 2.13. The first kappa shape index (κ1) is 11.0. The lowest BCUT2D eigenvalue weighted by molar-refractivity contribution is 0.423. The summed E-state index contributed by atoms with van der Waals surface area (Å²) in [7, 11) is 0. The van der Waals surface area contributed by atoms with Crippen LogP contribution in [0.1, 0.15) is 6.92 Å². The Bertz CT molecular complexity index is 227. The maximum absolute atomic E-state index is 8.63. The number of para-hydroxylation sites is 1. The molecule has 0 bridgehead atoms. The third-order valence-electron chi connectivity index (χ3n) is 1.46. The van der Waals surface area contributed by atoms with E-state index in [0.29, 0.717) is 11.9 Å². The van der Waals surface area contributed by atoms with Crippen molar-refractivity contribution in [3.05, 3.63) is 30.3 Å². The molecule has 2 fully saturated rings. The fraction of sp³-hybridized carbons (Fsp3) is 0.455. The molecule has 14 heavy (non-hydrogen) atoms. The lowest BCUT2D eigenvalue weighted by Crippen LogP contribution is -1.60. The van der Waals surface area contributed by atoms with Crippen molar-refractivity contribution in [3.8, 4) is 5.75 Å². The van der Waals surface area contributed by atoms with Gasteiger partial charge in [0, 0.05) is 0 Å². The van der Waals surface area contributed by atoms with Crippen LogP contribution in [0.2, 0.25) is 0 Å². The number of epoxide rings is 2. The highest BCUT2D eigenvalue weighted by atomic mass is 16.6. The minimum atomic E-state index is 0.322. The third kappa shape index (κ3) is 9.03. The Morgan fingerprint density at radius 1 is 1.21 bits per heavy atom. The van der Waals surface area contributed by atoms with Gasteiger partial charge in [0.1, 0.15) is 5.75 Å². The van der Waals surface area contributed by atoms with Crippen LogP contribution < -0.4 is 0 Å². The Hall–Kier alpha value is -1.06. The van der Waals surface area contributed by atoms with Gasteiger partial charge < -0.3 is 14.6 Å². The van der Waals surface area contributed by atoms with Crippen molar-refractivity contribution >= 4 is 0 Å². The SMILES string of the molecule is C1CO1.CC1CO1.Oc1ccccc1. The van der Waals surface area contributed by atoms with E-state index in [4.69, 9.17) is 9.84 Å². The minimum Gasteiger partial charge on any atom is -0.508 e. The summed E-state index contributed by atoms with van der Waals surface area (Å²) in [4.78, 5) is 0. The van der Waals surface area contributed by atoms with E-state index in [1.807, 2.05) is 6.07 Å². The van der Waals surface area contributed by atoms with Gasteiger partial charge in [0.25, 0.3) is 0 Å². The second-order valence-electron chi connectivity index (χ2n) is 3.09. The first-order valence-electron chi connectivity index (χ1n) is 4.72. The van der Waals surface area contributed by atoms with Crippen molar-refractivity contribution in [1.82, 2.24) is 0 Å². The van der Waals surface area contributed by atoms with Crippen LogP contribution in [0.25, 0.3) is 0 Å². The molecule has 2 heterocycles. The Labute approximate surface area is 84.3 Å². The zero-order valence-electron chi connectivity index (χ0n) is 8.35. The standard InChI is InChI=1S/C6H6O.C3H6O.C2H4O/c7-6-4-2-1-3-5-6;1-3-2-4-3;1-2-3-1/h1-5,7H;3H,2H2,1H3;1-2H2. The maximum atomic E-state index is 8.63. The van der Waals surface area contributed by atoms with E-state index < -0.39 is 0 Å². The van der Waals surface area contributed by atoms with Crippen LogP contribution in [0.3, 0.4) is 0 Å². The van der Waals surface area contributed by atoms with E-state index in [1.54, 1.807) is 24.3 Å². The van der Waals surface area contributed by atoms with Gasteiger partial charge in [-0.25, -0.2) is 0 Å². The molecule has 2 aliphatic rings. The number of aromatic hydroxyl groups is 1. The molecule has 2 saturated heterocycles. The van der Waals surface area contributed by atoms with Crippen LogP contribution in [0, 0.1) is 0 Å². The summed E-state index contributed by atoms with van der Waals surface area (Å²) in [6.07, 6.45) is 0.583. The molecule has 1 atom stereocenters. The monoisotopic (exact) mass is 196 g/mol. The van der Waals surface area contributed by atoms with Crippen molar-refractivity contribution in [1.29, 1.82) is 0 Å². The molecule has 0 spiro atoms. The van der Waals surface area contributed by atoms with Crippen molar-refractivity contribution < 1.29 is 14.6 Å². The Balaban J connectivity index is 0.000000117. The van der Waals surface area contributed by atoms with Gasteiger partial charge >= 0.3 is 0 Å². The van der Waals surface area contributed by atoms with Gasteiger partial charge in [-0.15, -0.1) is 0 Å². The van der Waals surface area contributed by atoms with E-state index in [9.17, 15) is 0 Å². The summed E-state index contributed by atoms with van der Waals surface area (Å²) >= 11 is 0. The van der Waals surface area contributed by atoms with Crippen LogP contribution >= 0.6 is 0 Å². The van der Waals surface area contributed by atoms with Gasteiger partial charge in [0.2, 0.25) is 0 Å². The minimum absolute atomic E-state index is 0.322. The quantitative estimate of drug-likeness (QED) is 0.644. The first-order chi connectivity index (χ1) is 6.79. The topological polar surface area (TPSA) is 45.3 Å². The molecule has 1 unspecified atom stereocenters. The maximum Gasteiger partial charge on any atom is 0.115 e. The van der Waals surface area contributed by atoms with Crippen LogP contribution in [0.4, 0.5) is 0 Å². The number of phenols is 1. The zero-order valence-corrected chi connectivity index (χ0v) is 8.35. The van der Waals surface area contributed by atoms with E-state index in [0.717, 1.165) is 19.8 Å². The normalized spacial score (nSPS) is 20.8. The predicted molar refractivity (Wildman–Crippen MR) is 54.3 cm³/mol. The number of hydrogen-bond donors (Lipinski definition) is 1. The van der Waals surface area contributed by atoms with Crippen molar-refractivity contribution in [2.24, 2.45) is 0 Å². The Kier molecular flexibility index (Phi) is 5.04. The second kappa shape index (κ2) is 6.40. The fourth-order valence-electron chi connectivity index (χ4n) is 0.524. The van der Waals surface area contributed by atoms with E-state index in [-0.39, 0.29) is 0 Å². The van der Waals surface area contributed by atoms with Gasteiger partial charge in [-0.05, 0) is 19.1 Å². The summed E-state index contributed by atoms with van der Waals surface area (Å²) in [6, 6.07) is 8.71. The molecule has 0 amide bonds. The highest BCUT2D eigenvalue weighted by molar-refractivity contribution is 5.18. The van der Waals surface area contributed by atoms with Gasteiger partial charge in [0.15, 0.2) is 0 Å². The third-order valence-corrected chi connectivity index (χ3v) is 1.46. The number of ether oxygens (including phenoxy) is 2. The molecule has 0 saturated carbocycles. The molecular weight excluding hydrogens is 180 g/mol. The molecular formula is C11H16O3. The van der Waals surface area contributed by atoms with Crippen molar-refractivity contribution in [3.63, 3.8) is 0 Å². The average Bonchev–Trinajstić information content (AvgIpc) is 3.02. The van der Waals surface area contributed by atoms with Crippen molar-refractivity contribution in [2.75, 3.05) is 19.8 Å². The summed E-state index contributed by atoms with van der Waals surface area (Å²) in [5, 5.41) is 8.63. The lowest BCUT2D eigenvalue weighted by Gasteiger charge is -1.82. The molecule has 0 radical (unpaired) electrons. The second-order valence-corrected chi connectivity index (χ2v) is 3.09. The first-order valence-corrected chi connectivity index (χ1v) is 4.72. The van der Waals surface area contributed by atoms with Crippen molar-refractivity contribution in [2.45, 2.75) is 13.0 Å². The van der Waals surface area contributed by atoms with Crippen LogP contribution in [0.5, 0.6) is 5.75 Å². The lowest BCUT2D eigenvalue weighted by atomic mass is 10.3. The number of hydrogen-bond acceptors (Lipinski definition) is 3. The van der Waals surface area contributed by atoms with Gasteiger partial charge in [-0.1, -0.05) is 18.2 Å². The smallest absolute Gasteiger partial charge is 0.115 e. The van der Waals surface area contributed by atoms with E-state index in [2.05, 4.69) is 11.7 Å². The molecule has 2 aliphatic heterocycles. The molecule has 3 rings (SSSR count). The zero-order chi connectivity index (χ0) is 10.2. The summed E-state index contributed by atoms with van der Waals surface area (Å²) in [5.41, 5.74) is 0. The summed E-state index contributed by atoms with van der Waals surface area (Å²) in [6.45, 7) is 5.04. The van der Waals surface area contributed by atoms with Gasteiger partial charge in [-0.3, -0.25) is 0 Å². The summed E-state index contributed by atoms with van der Waals surface area (Å²) < 4.78 is 9.21. The molecule has 78 valence electrons. The van der Waals surface area contributed by atoms with Gasteiger partial charge in [0.05, 0.1) is 25.9 Å². The molecule has 1 aromatic rings. The van der Waals surface area contributed by atoms with Crippen LogP contribution in [-0.4, -0.2) is 31.0 Å². The molecule has 0 aromatic heterocycles. The molecule has 3 nitrogen and oxygen atoms in total. The predicted octanol–water partition coefficient (Wildman–Crippen LogP) is 1.81. The van der Waals surface area contributed by atoms with Crippen LogP contribution in [-0.2, 0) is 9.47 Å². The largest absolute Gasteiger partial charge is 0.508 e. The molecule has 1 aromatic carbocycles. The highest BCUT2D eigenvalue weighted by Crippen LogP contribution is 2.04. The number of rotatable bonds is 0. The molecule has 3 heteroatoms. The Morgan fingerprint density at radius 3 is 1.79 bits per heavy atom. The summed E-state index contributed by atoms with van der Waals surface area (Å²) in [5.74, 6) is 0.322. The fourth-order valence-corrected chi connectivity index (χ4v) is 0.524. The van der Waals surface area contributed by atoms with E-state index >= 15 is 0 Å².